The average Bonchev–Trinajstić information content (AvgIpc) is 3.10. The highest BCUT2D eigenvalue weighted by atomic mass is 16.2. The summed E-state index contributed by atoms with van der Waals surface area (Å²) in [7, 11) is 0. The molecule has 0 atom stereocenters. The molecule has 0 aromatic heterocycles. The summed E-state index contributed by atoms with van der Waals surface area (Å²) in [5.41, 5.74) is 3.03. The van der Waals surface area contributed by atoms with E-state index in [1.807, 2.05) is 36.9 Å². The molecule has 1 aliphatic heterocycles. The van der Waals surface area contributed by atoms with E-state index in [4.69, 9.17) is 0 Å². The summed E-state index contributed by atoms with van der Waals surface area (Å²) in [5, 5.41) is 5.82. The molecule has 25 heavy (non-hydrogen) atoms. The van der Waals surface area contributed by atoms with Crippen molar-refractivity contribution in [2.45, 2.75) is 33.1 Å². The van der Waals surface area contributed by atoms with Crippen LogP contribution in [0.4, 0.5) is 17.1 Å². The molecule has 1 heterocycles. The number of carbonyl (C=O) groups is 1. The molecule has 2 N–H and O–H groups in total. The zero-order valence-corrected chi connectivity index (χ0v) is 14.6. The molecular weight excluding hydrogens is 318 g/mol. The van der Waals surface area contributed by atoms with Crippen LogP contribution in [0.3, 0.4) is 0 Å². The van der Waals surface area contributed by atoms with E-state index in [9.17, 15) is 14.4 Å². The van der Waals surface area contributed by atoms with E-state index in [0.717, 1.165) is 37.2 Å². The molecule has 0 unspecified atom stereocenters. The first kappa shape index (κ1) is 17.2. The smallest absolute Gasteiger partial charge is 0.253 e. The number of rotatable bonds is 6. The Hall–Kier alpha value is -2.63. The predicted octanol–water partition coefficient (Wildman–Crippen LogP) is 1.94. The van der Waals surface area contributed by atoms with Crippen molar-refractivity contribution in [1.29, 1.82) is 0 Å². The highest BCUT2D eigenvalue weighted by molar-refractivity contribution is 5.91. The molecular formula is C19H23N3O3. The lowest BCUT2D eigenvalue weighted by Crippen LogP contribution is -2.42. The van der Waals surface area contributed by atoms with Crippen LogP contribution in [0.15, 0.2) is 27.8 Å². The van der Waals surface area contributed by atoms with E-state index >= 15 is 0 Å². The van der Waals surface area contributed by atoms with E-state index in [0.29, 0.717) is 17.9 Å². The molecule has 1 aliphatic rings. The van der Waals surface area contributed by atoms with Crippen LogP contribution in [-0.2, 0) is 4.79 Å². The Balaban J connectivity index is 1.54. The van der Waals surface area contributed by atoms with Crippen molar-refractivity contribution in [3.8, 4) is 0 Å². The van der Waals surface area contributed by atoms with Crippen LogP contribution in [-0.4, -0.2) is 25.5 Å². The molecule has 132 valence electrons. The second kappa shape index (κ2) is 7.09. The average molecular weight is 341 g/mol. The predicted molar refractivity (Wildman–Crippen MR) is 100 cm³/mol. The van der Waals surface area contributed by atoms with Crippen LogP contribution in [0.25, 0.3) is 0 Å². The van der Waals surface area contributed by atoms with Crippen molar-refractivity contribution in [3.05, 3.63) is 49.8 Å². The molecule has 3 rings (SSSR count). The van der Waals surface area contributed by atoms with E-state index in [1.165, 1.54) is 5.56 Å². The van der Waals surface area contributed by atoms with Crippen molar-refractivity contribution < 1.29 is 4.79 Å². The SMILES string of the molecule is Cc1ccc(NC(=O)CCNc2c(N3CCCC3)c(=O)c2=O)cc1C. The van der Waals surface area contributed by atoms with Gasteiger partial charge in [0, 0.05) is 31.7 Å². The third-order valence-electron chi connectivity index (χ3n) is 4.75. The van der Waals surface area contributed by atoms with Gasteiger partial charge in [0.25, 0.3) is 10.9 Å². The first-order valence-corrected chi connectivity index (χ1v) is 8.66. The van der Waals surface area contributed by atoms with Crippen molar-refractivity contribution in [2.75, 3.05) is 35.2 Å². The standard InChI is InChI=1S/C19H23N3O3/c1-12-5-6-14(11-13(12)2)21-15(23)7-8-20-16-17(19(25)18(16)24)22-9-3-4-10-22/h5-6,11,20H,3-4,7-10H2,1-2H3,(H,21,23). The fraction of sp³-hybridized carbons (Fsp3) is 0.421. The van der Waals surface area contributed by atoms with E-state index in [1.54, 1.807) is 0 Å². The van der Waals surface area contributed by atoms with Gasteiger partial charge in [-0.1, -0.05) is 6.07 Å². The van der Waals surface area contributed by atoms with Gasteiger partial charge in [-0.2, -0.15) is 0 Å². The number of amides is 1. The lowest BCUT2D eigenvalue weighted by atomic mass is 10.1. The molecule has 0 spiro atoms. The Kier molecular flexibility index (Phi) is 4.88. The summed E-state index contributed by atoms with van der Waals surface area (Å²) in [6.45, 7) is 5.97. The summed E-state index contributed by atoms with van der Waals surface area (Å²) < 4.78 is 0. The second-order valence-corrected chi connectivity index (χ2v) is 6.60. The van der Waals surface area contributed by atoms with Gasteiger partial charge in [-0.25, -0.2) is 0 Å². The minimum absolute atomic E-state index is 0.128. The fourth-order valence-electron chi connectivity index (χ4n) is 3.13. The van der Waals surface area contributed by atoms with Crippen molar-refractivity contribution in [1.82, 2.24) is 0 Å². The third kappa shape index (κ3) is 3.57. The summed E-state index contributed by atoms with van der Waals surface area (Å²) in [6, 6.07) is 5.77. The summed E-state index contributed by atoms with van der Waals surface area (Å²) >= 11 is 0. The first-order chi connectivity index (χ1) is 12.0. The number of hydrogen-bond donors (Lipinski definition) is 2. The van der Waals surface area contributed by atoms with Crippen molar-refractivity contribution in [2.24, 2.45) is 0 Å². The summed E-state index contributed by atoms with van der Waals surface area (Å²) in [5.74, 6) is -0.128. The third-order valence-corrected chi connectivity index (χ3v) is 4.75. The summed E-state index contributed by atoms with van der Waals surface area (Å²) in [6.07, 6.45) is 2.30. The van der Waals surface area contributed by atoms with Gasteiger partial charge in [-0.3, -0.25) is 14.4 Å². The molecule has 0 radical (unpaired) electrons. The number of carbonyl (C=O) groups excluding carboxylic acids is 1. The molecule has 2 aromatic rings. The van der Waals surface area contributed by atoms with Crippen LogP contribution >= 0.6 is 0 Å². The van der Waals surface area contributed by atoms with E-state index < -0.39 is 10.9 Å². The van der Waals surface area contributed by atoms with Gasteiger partial charge in [-0.05, 0) is 49.9 Å². The summed E-state index contributed by atoms with van der Waals surface area (Å²) in [4.78, 5) is 37.6. The van der Waals surface area contributed by atoms with Crippen molar-refractivity contribution in [3.63, 3.8) is 0 Å². The van der Waals surface area contributed by atoms with Gasteiger partial charge in [0.2, 0.25) is 5.91 Å². The molecule has 2 aromatic carbocycles. The maximum atomic E-state index is 12.1. The maximum absolute atomic E-state index is 12.1. The Labute approximate surface area is 146 Å². The van der Waals surface area contributed by atoms with E-state index in [2.05, 4.69) is 10.6 Å². The molecule has 0 bridgehead atoms. The van der Waals surface area contributed by atoms with Crippen LogP contribution < -0.4 is 26.4 Å². The number of benzene rings is 1. The highest BCUT2D eigenvalue weighted by Gasteiger charge is 2.27. The minimum atomic E-state index is -0.475. The van der Waals surface area contributed by atoms with Crippen molar-refractivity contribution >= 4 is 23.0 Å². The normalized spacial score (nSPS) is 14.1. The lowest BCUT2D eigenvalue weighted by molar-refractivity contribution is -0.115. The number of aryl methyl sites for hydroxylation is 2. The molecule has 1 saturated heterocycles. The van der Waals surface area contributed by atoms with E-state index in [-0.39, 0.29) is 12.3 Å². The van der Waals surface area contributed by atoms with Gasteiger partial charge in [0.05, 0.1) is 0 Å². The van der Waals surface area contributed by atoms with Gasteiger partial charge in [0.1, 0.15) is 11.4 Å². The van der Waals surface area contributed by atoms with Crippen LogP contribution in [0.1, 0.15) is 30.4 Å². The number of anilines is 3. The number of nitrogens with one attached hydrogen (secondary N) is 2. The number of hydrogen-bond acceptors (Lipinski definition) is 5. The van der Waals surface area contributed by atoms with Gasteiger partial charge < -0.3 is 15.5 Å². The molecule has 0 saturated carbocycles. The molecule has 6 nitrogen and oxygen atoms in total. The fourth-order valence-corrected chi connectivity index (χ4v) is 3.13. The highest BCUT2D eigenvalue weighted by Crippen LogP contribution is 2.24. The zero-order chi connectivity index (χ0) is 18.0. The Morgan fingerprint density at radius 2 is 1.80 bits per heavy atom. The van der Waals surface area contributed by atoms with Gasteiger partial charge in [0.15, 0.2) is 0 Å². The second-order valence-electron chi connectivity index (χ2n) is 6.60. The molecule has 1 fully saturated rings. The molecule has 0 aliphatic carbocycles. The van der Waals surface area contributed by atoms with Crippen LogP contribution in [0, 0.1) is 13.8 Å². The minimum Gasteiger partial charge on any atom is -0.379 e. The Bertz CT molecular complexity index is 859. The monoisotopic (exact) mass is 341 g/mol. The quantitative estimate of drug-likeness (QED) is 0.785. The Morgan fingerprint density at radius 1 is 1.08 bits per heavy atom. The number of nitrogens with zero attached hydrogens (tertiary/aromatic N) is 1. The van der Waals surface area contributed by atoms with Crippen LogP contribution in [0.2, 0.25) is 0 Å². The zero-order valence-electron chi connectivity index (χ0n) is 14.6. The molecule has 1 amide bonds. The maximum Gasteiger partial charge on any atom is 0.253 e. The topological polar surface area (TPSA) is 78.5 Å². The first-order valence-electron chi connectivity index (χ1n) is 8.66. The largest absolute Gasteiger partial charge is 0.379 e. The Morgan fingerprint density at radius 3 is 2.48 bits per heavy atom. The van der Waals surface area contributed by atoms with Gasteiger partial charge >= 0.3 is 0 Å². The molecule has 6 heteroatoms. The lowest BCUT2D eigenvalue weighted by Gasteiger charge is -2.22. The van der Waals surface area contributed by atoms with Gasteiger partial charge in [-0.15, -0.1) is 0 Å². The van der Waals surface area contributed by atoms with Crippen LogP contribution in [0.5, 0.6) is 0 Å².